The summed E-state index contributed by atoms with van der Waals surface area (Å²) in [7, 11) is 3.28. The highest BCUT2D eigenvalue weighted by atomic mass is 35.5. The number of benzene rings is 1. The van der Waals surface area contributed by atoms with Crippen molar-refractivity contribution in [3.8, 4) is 0 Å². The molecular formula is C14H20ClN3O2. The van der Waals surface area contributed by atoms with Gasteiger partial charge in [-0.2, -0.15) is 0 Å². The Labute approximate surface area is 124 Å². The van der Waals surface area contributed by atoms with Crippen molar-refractivity contribution in [1.29, 1.82) is 0 Å². The van der Waals surface area contributed by atoms with Crippen LogP contribution in [0.4, 0.5) is 5.69 Å². The second-order valence-corrected chi connectivity index (χ2v) is 5.44. The second kappa shape index (κ2) is 6.72. The number of hydrogen-bond acceptors (Lipinski definition) is 3. The molecule has 0 bridgehead atoms. The van der Waals surface area contributed by atoms with Gasteiger partial charge in [-0.05, 0) is 25.1 Å². The van der Waals surface area contributed by atoms with Gasteiger partial charge in [0.1, 0.15) is 0 Å². The topological polar surface area (TPSA) is 75.4 Å². The molecule has 110 valence electrons. The Balaban J connectivity index is 2.96. The summed E-state index contributed by atoms with van der Waals surface area (Å²) < 4.78 is 0. The van der Waals surface area contributed by atoms with Gasteiger partial charge < -0.3 is 16.0 Å². The van der Waals surface area contributed by atoms with Crippen LogP contribution in [0.1, 0.15) is 24.2 Å². The van der Waals surface area contributed by atoms with E-state index in [9.17, 15) is 9.59 Å². The van der Waals surface area contributed by atoms with E-state index >= 15 is 0 Å². The van der Waals surface area contributed by atoms with Crippen LogP contribution in [0, 0.1) is 5.92 Å². The normalized spacial score (nSPS) is 13.5. The molecule has 1 aromatic rings. The molecule has 0 radical (unpaired) electrons. The molecule has 1 aromatic carbocycles. The van der Waals surface area contributed by atoms with Crippen LogP contribution in [0.2, 0.25) is 5.02 Å². The van der Waals surface area contributed by atoms with E-state index in [1.807, 2.05) is 0 Å². The lowest BCUT2D eigenvalue weighted by Gasteiger charge is -2.17. The number of anilines is 1. The average molecular weight is 298 g/mol. The number of halogens is 1. The SMILES string of the molecule is CC(N)C(C)C(=O)Nc1ccc(Cl)c(C(=O)N(C)C)c1. The molecule has 0 fully saturated rings. The number of amides is 2. The van der Waals surface area contributed by atoms with Gasteiger partial charge in [0.15, 0.2) is 0 Å². The Kier molecular flexibility index (Phi) is 5.53. The van der Waals surface area contributed by atoms with Crippen LogP contribution in [-0.2, 0) is 4.79 Å². The molecule has 6 heteroatoms. The third kappa shape index (κ3) is 3.95. The van der Waals surface area contributed by atoms with Gasteiger partial charge in [0.25, 0.3) is 5.91 Å². The first kappa shape index (κ1) is 16.5. The Morgan fingerprint density at radius 1 is 1.30 bits per heavy atom. The molecule has 3 N–H and O–H groups in total. The van der Waals surface area contributed by atoms with Crippen molar-refractivity contribution < 1.29 is 9.59 Å². The number of nitrogens with one attached hydrogen (secondary N) is 1. The van der Waals surface area contributed by atoms with E-state index in [1.165, 1.54) is 4.90 Å². The quantitative estimate of drug-likeness (QED) is 0.892. The van der Waals surface area contributed by atoms with Crippen molar-refractivity contribution in [2.75, 3.05) is 19.4 Å². The minimum absolute atomic E-state index is 0.189. The van der Waals surface area contributed by atoms with Gasteiger partial charge in [0, 0.05) is 25.8 Å². The van der Waals surface area contributed by atoms with Gasteiger partial charge in [0.05, 0.1) is 16.5 Å². The lowest BCUT2D eigenvalue weighted by atomic mass is 10.0. The van der Waals surface area contributed by atoms with Crippen molar-refractivity contribution >= 4 is 29.1 Å². The maximum Gasteiger partial charge on any atom is 0.254 e. The molecule has 2 amide bonds. The number of carbonyl (C=O) groups excluding carboxylic acids is 2. The zero-order valence-corrected chi connectivity index (χ0v) is 12.9. The van der Waals surface area contributed by atoms with Gasteiger partial charge >= 0.3 is 0 Å². The smallest absolute Gasteiger partial charge is 0.254 e. The molecule has 2 atom stereocenters. The number of nitrogens with two attached hydrogens (primary N) is 1. The highest BCUT2D eigenvalue weighted by molar-refractivity contribution is 6.34. The predicted molar refractivity (Wildman–Crippen MR) is 80.9 cm³/mol. The van der Waals surface area contributed by atoms with Gasteiger partial charge in [-0.3, -0.25) is 9.59 Å². The molecule has 20 heavy (non-hydrogen) atoms. The zero-order chi connectivity index (χ0) is 15.4. The lowest BCUT2D eigenvalue weighted by Crippen LogP contribution is -2.34. The summed E-state index contributed by atoms with van der Waals surface area (Å²) in [5, 5.41) is 3.09. The van der Waals surface area contributed by atoms with Gasteiger partial charge in [-0.1, -0.05) is 18.5 Å². The molecule has 5 nitrogen and oxygen atoms in total. The van der Waals surface area contributed by atoms with Gasteiger partial charge in [-0.25, -0.2) is 0 Å². The first-order valence-electron chi connectivity index (χ1n) is 6.31. The van der Waals surface area contributed by atoms with Crippen molar-refractivity contribution in [2.45, 2.75) is 19.9 Å². The molecule has 0 spiro atoms. The summed E-state index contributed by atoms with van der Waals surface area (Å²) in [5.41, 5.74) is 6.56. The number of rotatable bonds is 4. The minimum Gasteiger partial charge on any atom is -0.345 e. The maximum absolute atomic E-state index is 12.0. The van der Waals surface area contributed by atoms with E-state index < -0.39 is 0 Å². The minimum atomic E-state index is -0.321. The molecule has 0 heterocycles. The fourth-order valence-electron chi connectivity index (χ4n) is 1.50. The van der Waals surface area contributed by atoms with Gasteiger partial charge in [0.2, 0.25) is 5.91 Å². The summed E-state index contributed by atoms with van der Waals surface area (Å²) in [4.78, 5) is 25.3. The molecule has 0 saturated heterocycles. The Morgan fingerprint density at radius 2 is 1.90 bits per heavy atom. The molecule has 0 aliphatic rings. The molecule has 0 aliphatic heterocycles. The first-order chi connectivity index (χ1) is 9.23. The van der Waals surface area contributed by atoms with E-state index in [4.69, 9.17) is 17.3 Å². The van der Waals surface area contributed by atoms with Crippen LogP contribution in [0.3, 0.4) is 0 Å². The molecular weight excluding hydrogens is 278 g/mol. The summed E-state index contributed by atoms with van der Waals surface area (Å²) in [6, 6.07) is 4.56. The highest BCUT2D eigenvalue weighted by Gasteiger charge is 2.18. The summed E-state index contributed by atoms with van der Waals surface area (Å²) in [6.45, 7) is 3.52. The Morgan fingerprint density at radius 3 is 2.40 bits per heavy atom. The van der Waals surface area contributed by atoms with Crippen LogP contribution in [-0.4, -0.2) is 36.9 Å². The number of carbonyl (C=O) groups is 2. The maximum atomic E-state index is 12.0. The van der Waals surface area contributed by atoms with E-state index in [-0.39, 0.29) is 23.8 Å². The van der Waals surface area contributed by atoms with Crippen molar-refractivity contribution in [2.24, 2.45) is 11.7 Å². The van der Waals surface area contributed by atoms with Crippen molar-refractivity contribution in [3.05, 3.63) is 28.8 Å². The molecule has 0 aromatic heterocycles. The average Bonchev–Trinajstić information content (AvgIpc) is 2.38. The van der Waals surface area contributed by atoms with Crippen molar-refractivity contribution in [1.82, 2.24) is 4.90 Å². The predicted octanol–water partition coefficient (Wildman–Crippen LogP) is 1.96. The van der Waals surface area contributed by atoms with Crippen LogP contribution in [0.15, 0.2) is 18.2 Å². The highest BCUT2D eigenvalue weighted by Crippen LogP contribution is 2.22. The van der Waals surface area contributed by atoms with Crippen molar-refractivity contribution in [3.63, 3.8) is 0 Å². The Bertz CT molecular complexity index is 515. The van der Waals surface area contributed by atoms with E-state index in [2.05, 4.69) is 5.32 Å². The van der Waals surface area contributed by atoms with E-state index in [0.717, 1.165) is 0 Å². The largest absolute Gasteiger partial charge is 0.345 e. The fourth-order valence-corrected chi connectivity index (χ4v) is 1.70. The summed E-state index contributed by atoms with van der Waals surface area (Å²) >= 11 is 6.00. The van der Waals surface area contributed by atoms with Crippen LogP contribution >= 0.6 is 11.6 Å². The third-order valence-electron chi connectivity index (χ3n) is 3.07. The lowest BCUT2D eigenvalue weighted by molar-refractivity contribution is -0.119. The number of nitrogens with zero attached hydrogens (tertiary/aromatic N) is 1. The van der Waals surface area contributed by atoms with E-state index in [1.54, 1.807) is 46.1 Å². The Hall–Kier alpha value is -1.59. The first-order valence-corrected chi connectivity index (χ1v) is 6.69. The monoisotopic (exact) mass is 297 g/mol. The van der Waals surface area contributed by atoms with Crippen LogP contribution in [0.5, 0.6) is 0 Å². The molecule has 2 unspecified atom stereocenters. The summed E-state index contributed by atoms with van der Waals surface area (Å²) in [6.07, 6.45) is 0. The fraction of sp³-hybridized carbons (Fsp3) is 0.429. The third-order valence-corrected chi connectivity index (χ3v) is 3.40. The molecule has 0 aliphatic carbocycles. The summed E-state index contributed by atoms with van der Waals surface area (Å²) in [5.74, 6) is -0.726. The van der Waals surface area contributed by atoms with E-state index in [0.29, 0.717) is 16.3 Å². The van der Waals surface area contributed by atoms with Crippen LogP contribution in [0.25, 0.3) is 0 Å². The molecule has 1 rings (SSSR count). The van der Waals surface area contributed by atoms with Crippen LogP contribution < -0.4 is 11.1 Å². The molecule has 0 saturated carbocycles. The van der Waals surface area contributed by atoms with Gasteiger partial charge in [-0.15, -0.1) is 0 Å². The second-order valence-electron chi connectivity index (χ2n) is 5.03. The standard InChI is InChI=1S/C14H20ClN3O2/c1-8(9(2)16)13(19)17-10-5-6-12(15)11(7-10)14(20)18(3)4/h5-9H,16H2,1-4H3,(H,17,19). The number of hydrogen-bond donors (Lipinski definition) is 2. The zero-order valence-electron chi connectivity index (χ0n) is 12.1.